The molecule has 0 N–H and O–H groups in total. The first-order valence-electron chi connectivity index (χ1n) is 11.8. The van der Waals surface area contributed by atoms with Crippen molar-refractivity contribution in [3.05, 3.63) is 23.0 Å². The van der Waals surface area contributed by atoms with E-state index in [1.807, 2.05) is 0 Å². The Hall–Kier alpha value is -1.14. The zero-order valence-electron chi connectivity index (χ0n) is 19.2. The molecule has 1 aromatic carbocycles. The van der Waals surface area contributed by atoms with Gasteiger partial charge in [0, 0.05) is 11.5 Å². The molecule has 0 aromatic heterocycles. The Morgan fingerprint density at radius 2 is 1.91 bits per heavy atom. The molecule has 3 fully saturated rings. The van der Waals surface area contributed by atoms with Crippen LogP contribution in [0.1, 0.15) is 65.2 Å². The molecule has 2 bridgehead atoms. The Bertz CT molecular complexity index is 873. The zero-order valence-corrected chi connectivity index (χ0v) is 20.8. The summed E-state index contributed by atoms with van der Waals surface area (Å²) in [6.07, 6.45) is 8.14. The van der Waals surface area contributed by atoms with Crippen LogP contribution in [0, 0.1) is 34.9 Å². The van der Waals surface area contributed by atoms with E-state index in [0.29, 0.717) is 25.2 Å². The van der Waals surface area contributed by atoms with Crippen molar-refractivity contribution in [1.82, 2.24) is 0 Å². The molecule has 1 aromatic rings. The number of carbonyl (C=O) groups excluding carboxylic acids is 1. The molecule has 32 heavy (non-hydrogen) atoms. The van der Waals surface area contributed by atoms with Crippen molar-refractivity contribution in [2.24, 2.45) is 29.1 Å². The minimum absolute atomic E-state index is 0.0375. The third-order valence-electron chi connectivity index (χ3n) is 7.71. The third kappa shape index (κ3) is 5.01. The molecule has 3 aliphatic carbocycles. The van der Waals surface area contributed by atoms with E-state index in [2.05, 4.69) is 13.8 Å². The van der Waals surface area contributed by atoms with Gasteiger partial charge in [0.05, 0.1) is 45.6 Å². The third-order valence-corrected chi connectivity index (χ3v) is 9.87. The van der Waals surface area contributed by atoms with E-state index in [9.17, 15) is 13.4 Å². The molecular weight excluding hydrogens is 451 g/mol. The van der Waals surface area contributed by atoms with E-state index in [1.165, 1.54) is 38.5 Å². The van der Waals surface area contributed by atoms with Crippen molar-refractivity contribution in [2.45, 2.75) is 75.4 Å². The highest BCUT2D eigenvalue weighted by atomic mass is 35.5. The van der Waals surface area contributed by atoms with Gasteiger partial charge < -0.3 is 9.47 Å². The number of hydrogen-bond acceptors (Lipinski definition) is 4. The lowest BCUT2D eigenvalue weighted by Crippen LogP contribution is -2.39. The number of rotatable bonds is 6. The molecule has 4 rings (SSSR count). The highest BCUT2D eigenvalue weighted by Gasteiger charge is 2.42. The highest BCUT2D eigenvalue weighted by Crippen LogP contribution is 2.50. The number of hydrogen-bond donors (Lipinski definition) is 0. The van der Waals surface area contributed by atoms with Crippen molar-refractivity contribution in [3.8, 4) is 5.75 Å². The van der Waals surface area contributed by atoms with Crippen LogP contribution in [0.2, 0.25) is 5.02 Å². The lowest BCUT2D eigenvalue weighted by molar-refractivity contribution is -0.145. The van der Waals surface area contributed by atoms with Crippen LogP contribution in [0.4, 0.5) is 4.39 Å². The lowest BCUT2D eigenvalue weighted by atomic mass is 9.60. The molecule has 5 unspecified atom stereocenters. The summed E-state index contributed by atoms with van der Waals surface area (Å²) in [5, 5.41) is -0.196. The van der Waals surface area contributed by atoms with Crippen LogP contribution in [0.25, 0.3) is 0 Å². The standard InChI is InChI=1S/C25H34ClFO4S/c1-15-7-16-9-17(8-15)13-25(2,12-16)14-31-21-11-20(27)23(10-19(21)26)32(29)22-6-4-5-18(22)24(28)30-3/h10-11,15-18,22H,4-9,12-14H2,1-3H3/t15?,16-,17+,18?,22?,25?,32?. The van der Waals surface area contributed by atoms with E-state index >= 15 is 0 Å². The fraction of sp³-hybridized carbons (Fsp3) is 0.720. The number of benzene rings is 1. The van der Waals surface area contributed by atoms with Gasteiger partial charge in [-0.15, -0.1) is 0 Å². The van der Waals surface area contributed by atoms with Gasteiger partial charge in [0.25, 0.3) is 0 Å². The molecule has 0 spiro atoms. The monoisotopic (exact) mass is 484 g/mol. The van der Waals surface area contributed by atoms with E-state index < -0.39 is 27.8 Å². The van der Waals surface area contributed by atoms with Crippen LogP contribution >= 0.6 is 11.6 Å². The molecule has 0 amide bonds. The lowest BCUT2D eigenvalue weighted by Gasteiger charge is -2.47. The molecule has 4 nitrogen and oxygen atoms in total. The molecule has 7 atom stereocenters. The van der Waals surface area contributed by atoms with Crippen molar-refractivity contribution in [2.75, 3.05) is 13.7 Å². The van der Waals surface area contributed by atoms with Crippen molar-refractivity contribution in [1.29, 1.82) is 0 Å². The first-order valence-corrected chi connectivity index (χ1v) is 13.4. The summed E-state index contributed by atoms with van der Waals surface area (Å²) in [7, 11) is -0.356. The Balaban J connectivity index is 1.45. The SMILES string of the molecule is COC(=O)C1CCCC1S(=O)c1cc(Cl)c(OCC2(C)C[C@@H]3CC(C)C[C@@H](C3)C2)cc1F. The molecule has 178 valence electrons. The molecular formula is C25H34ClFO4S. The summed E-state index contributed by atoms with van der Waals surface area (Å²) in [4.78, 5) is 12.1. The van der Waals surface area contributed by atoms with Crippen LogP contribution in [0.5, 0.6) is 5.75 Å². The van der Waals surface area contributed by atoms with E-state index in [4.69, 9.17) is 21.1 Å². The molecule has 0 aliphatic heterocycles. The predicted octanol–water partition coefficient (Wildman–Crippen LogP) is 6.16. The molecule has 0 saturated heterocycles. The Morgan fingerprint density at radius 1 is 1.22 bits per heavy atom. The van der Waals surface area contributed by atoms with Crippen LogP contribution in [0.3, 0.4) is 0 Å². The second-order valence-corrected chi connectivity index (χ2v) is 12.7. The van der Waals surface area contributed by atoms with Gasteiger partial charge in [0.1, 0.15) is 11.6 Å². The number of halogens is 2. The van der Waals surface area contributed by atoms with E-state index in [-0.39, 0.29) is 21.3 Å². The Kier molecular flexibility index (Phi) is 7.21. The van der Waals surface area contributed by atoms with E-state index in [0.717, 1.165) is 37.0 Å². The van der Waals surface area contributed by atoms with Gasteiger partial charge in [-0.3, -0.25) is 9.00 Å². The van der Waals surface area contributed by atoms with E-state index in [1.54, 1.807) is 0 Å². The zero-order chi connectivity index (χ0) is 23.0. The maximum atomic E-state index is 15.0. The van der Waals surface area contributed by atoms with Crippen LogP contribution in [-0.2, 0) is 20.3 Å². The quantitative estimate of drug-likeness (QED) is 0.454. The highest BCUT2D eigenvalue weighted by molar-refractivity contribution is 7.85. The van der Waals surface area contributed by atoms with Gasteiger partial charge in [-0.25, -0.2) is 4.39 Å². The first kappa shape index (κ1) is 24.0. The Labute approximate surface area is 198 Å². The number of ether oxygens (including phenoxy) is 2. The van der Waals surface area contributed by atoms with Crippen LogP contribution in [-0.4, -0.2) is 29.1 Å². The van der Waals surface area contributed by atoms with Crippen molar-refractivity contribution >= 4 is 28.4 Å². The number of fused-ring (bicyclic) bond motifs is 2. The normalized spacial score (nSPS) is 35.3. The smallest absolute Gasteiger partial charge is 0.309 e. The molecule has 0 heterocycles. The predicted molar refractivity (Wildman–Crippen MR) is 124 cm³/mol. The van der Waals surface area contributed by atoms with Crippen LogP contribution in [0.15, 0.2) is 17.0 Å². The Morgan fingerprint density at radius 3 is 2.56 bits per heavy atom. The van der Waals surface area contributed by atoms with Crippen molar-refractivity contribution in [3.63, 3.8) is 0 Å². The number of esters is 1. The number of methoxy groups -OCH3 is 1. The molecule has 3 saturated carbocycles. The minimum Gasteiger partial charge on any atom is -0.491 e. The summed E-state index contributed by atoms with van der Waals surface area (Å²) in [5.74, 6) is 1.15. The maximum absolute atomic E-state index is 15.0. The second kappa shape index (κ2) is 9.61. The summed E-state index contributed by atoms with van der Waals surface area (Å²) in [5.41, 5.74) is 0.0621. The number of carbonyl (C=O) groups is 1. The topological polar surface area (TPSA) is 52.6 Å². The minimum atomic E-state index is -1.68. The average molecular weight is 485 g/mol. The second-order valence-electron chi connectivity index (χ2n) is 10.7. The van der Waals surface area contributed by atoms with Gasteiger partial charge >= 0.3 is 5.97 Å². The molecule has 7 heteroatoms. The van der Waals surface area contributed by atoms with Gasteiger partial charge in [0.2, 0.25) is 0 Å². The average Bonchev–Trinajstić information content (AvgIpc) is 3.22. The van der Waals surface area contributed by atoms with Crippen LogP contribution < -0.4 is 4.74 Å². The maximum Gasteiger partial charge on any atom is 0.309 e. The fourth-order valence-corrected chi connectivity index (χ4v) is 8.64. The van der Waals surface area contributed by atoms with Gasteiger partial charge in [-0.05, 0) is 68.8 Å². The summed E-state index contributed by atoms with van der Waals surface area (Å²) in [6.45, 7) is 5.12. The summed E-state index contributed by atoms with van der Waals surface area (Å²) in [6, 6.07) is 2.67. The van der Waals surface area contributed by atoms with Gasteiger partial charge in [-0.2, -0.15) is 0 Å². The summed E-state index contributed by atoms with van der Waals surface area (Å²) < 4.78 is 39.0. The fourth-order valence-electron chi connectivity index (χ4n) is 6.62. The largest absolute Gasteiger partial charge is 0.491 e. The molecule has 0 radical (unpaired) electrons. The summed E-state index contributed by atoms with van der Waals surface area (Å²) >= 11 is 6.44. The van der Waals surface area contributed by atoms with Gasteiger partial charge in [-0.1, -0.05) is 31.9 Å². The first-order chi connectivity index (χ1) is 15.2. The van der Waals surface area contributed by atoms with Crippen molar-refractivity contribution < 1.29 is 22.9 Å². The molecule has 3 aliphatic rings. The van der Waals surface area contributed by atoms with Gasteiger partial charge in [0.15, 0.2) is 0 Å².